The number of aromatic amines is 1. The summed E-state index contributed by atoms with van der Waals surface area (Å²) in [4.78, 5) is 17.5. The third-order valence-corrected chi connectivity index (χ3v) is 3.80. The number of pyridine rings is 1. The normalized spacial score (nSPS) is 19.8. The minimum absolute atomic E-state index is 0.143. The lowest BCUT2D eigenvalue weighted by molar-refractivity contribution is 0.107. The number of ether oxygens (including phenoxy) is 1. The quantitative estimate of drug-likeness (QED) is 0.931. The second-order valence-electron chi connectivity index (χ2n) is 5.23. The molecule has 1 aromatic heterocycles. The van der Waals surface area contributed by atoms with Crippen LogP contribution in [0.1, 0.15) is 12.1 Å². The average Bonchev–Trinajstić information content (AvgIpc) is 2.87. The fourth-order valence-corrected chi connectivity index (χ4v) is 2.73. The number of H-pyrrole nitrogens is 1. The Morgan fingerprint density at radius 1 is 1.45 bits per heavy atom. The van der Waals surface area contributed by atoms with Crippen LogP contribution in [0.15, 0.2) is 29.1 Å². The molecule has 1 fully saturated rings. The van der Waals surface area contributed by atoms with Gasteiger partial charge in [0.2, 0.25) is 0 Å². The topological polar surface area (TPSA) is 45.3 Å². The zero-order chi connectivity index (χ0) is 14.1. The summed E-state index contributed by atoms with van der Waals surface area (Å²) in [7, 11) is 1.72. The maximum absolute atomic E-state index is 13.2. The Hall–Kier alpha value is -1.72. The molecule has 1 aromatic carbocycles. The molecule has 1 atom stereocenters. The van der Waals surface area contributed by atoms with Crippen molar-refractivity contribution in [1.29, 1.82) is 0 Å². The van der Waals surface area contributed by atoms with E-state index >= 15 is 0 Å². The number of nitrogens with zero attached hydrogens (tertiary/aromatic N) is 1. The van der Waals surface area contributed by atoms with Crippen LogP contribution in [0.5, 0.6) is 0 Å². The summed E-state index contributed by atoms with van der Waals surface area (Å²) < 4.78 is 18.5. The van der Waals surface area contributed by atoms with Crippen LogP contribution in [0.4, 0.5) is 4.39 Å². The van der Waals surface area contributed by atoms with Crippen molar-refractivity contribution in [3.8, 4) is 0 Å². The molecule has 1 N–H and O–H groups in total. The number of halogens is 1. The highest BCUT2D eigenvalue weighted by atomic mass is 19.1. The van der Waals surface area contributed by atoms with Crippen LogP contribution in [0.2, 0.25) is 0 Å². The van der Waals surface area contributed by atoms with Crippen LogP contribution in [0.25, 0.3) is 10.9 Å². The second kappa shape index (κ2) is 5.34. The molecule has 1 aliphatic heterocycles. The lowest BCUT2D eigenvalue weighted by Crippen LogP contribution is -2.23. The molecule has 2 aromatic rings. The van der Waals surface area contributed by atoms with E-state index in [2.05, 4.69) is 9.88 Å². The minimum Gasteiger partial charge on any atom is -0.380 e. The van der Waals surface area contributed by atoms with Crippen LogP contribution < -0.4 is 5.43 Å². The van der Waals surface area contributed by atoms with Crippen molar-refractivity contribution in [3.63, 3.8) is 0 Å². The van der Waals surface area contributed by atoms with Crippen molar-refractivity contribution in [1.82, 2.24) is 9.88 Å². The van der Waals surface area contributed by atoms with E-state index in [4.69, 9.17) is 4.74 Å². The van der Waals surface area contributed by atoms with Gasteiger partial charge in [-0.25, -0.2) is 4.39 Å². The first-order valence-corrected chi connectivity index (χ1v) is 6.72. The first kappa shape index (κ1) is 13.3. The zero-order valence-electron chi connectivity index (χ0n) is 11.4. The third-order valence-electron chi connectivity index (χ3n) is 3.80. The van der Waals surface area contributed by atoms with Crippen molar-refractivity contribution < 1.29 is 9.13 Å². The van der Waals surface area contributed by atoms with Gasteiger partial charge in [0.05, 0.1) is 6.10 Å². The molecule has 0 unspecified atom stereocenters. The summed E-state index contributed by atoms with van der Waals surface area (Å²) in [5, 5.41) is 0.393. The summed E-state index contributed by atoms with van der Waals surface area (Å²) in [5.74, 6) is -0.391. The number of fused-ring (bicyclic) bond motifs is 1. The molecule has 4 nitrogen and oxygen atoms in total. The van der Waals surface area contributed by atoms with Crippen LogP contribution in [-0.2, 0) is 11.3 Å². The highest BCUT2D eigenvalue weighted by Crippen LogP contribution is 2.16. The number of nitrogens with one attached hydrogen (secondary N) is 1. The van der Waals surface area contributed by atoms with E-state index < -0.39 is 5.82 Å². The van der Waals surface area contributed by atoms with E-state index in [1.807, 2.05) is 0 Å². The number of likely N-dealkylation sites (tertiary alicyclic amines) is 1. The Bertz CT molecular complexity index is 683. The molecule has 1 aliphatic rings. The van der Waals surface area contributed by atoms with E-state index in [0.29, 0.717) is 17.4 Å². The third kappa shape index (κ3) is 2.59. The molecule has 5 heteroatoms. The maximum Gasteiger partial charge on any atom is 0.189 e. The van der Waals surface area contributed by atoms with Crippen molar-refractivity contribution >= 4 is 10.9 Å². The van der Waals surface area contributed by atoms with E-state index in [9.17, 15) is 9.18 Å². The molecule has 0 bridgehead atoms. The van der Waals surface area contributed by atoms with E-state index in [-0.39, 0.29) is 11.5 Å². The van der Waals surface area contributed by atoms with Gasteiger partial charge in [0.15, 0.2) is 5.43 Å². The minimum atomic E-state index is -0.391. The molecule has 1 saturated heterocycles. The summed E-state index contributed by atoms with van der Waals surface area (Å²) in [5.41, 5.74) is 1.39. The Balaban J connectivity index is 1.86. The molecular formula is C15H17FN2O2. The monoisotopic (exact) mass is 276 g/mol. The van der Waals surface area contributed by atoms with E-state index in [0.717, 1.165) is 25.2 Å². The van der Waals surface area contributed by atoms with E-state index in [1.165, 1.54) is 12.1 Å². The van der Waals surface area contributed by atoms with Gasteiger partial charge in [-0.05, 0) is 24.6 Å². The van der Waals surface area contributed by atoms with Crippen molar-refractivity contribution in [2.75, 3.05) is 20.2 Å². The number of hydrogen-bond acceptors (Lipinski definition) is 3. The number of aromatic nitrogens is 1. The van der Waals surface area contributed by atoms with Gasteiger partial charge in [-0.2, -0.15) is 0 Å². The number of hydrogen-bond donors (Lipinski definition) is 1. The largest absolute Gasteiger partial charge is 0.380 e. The van der Waals surface area contributed by atoms with Crippen LogP contribution >= 0.6 is 0 Å². The SMILES string of the molecule is CO[C@H]1CCN(Cc2cc(=O)c3cc(F)ccc3[nH]2)C1. The lowest BCUT2D eigenvalue weighted by Gasteiger charge is -2.15. The fourth-order valence-electron chi connectivity index (χ4n) is 2.73. The first-order chi connectivity index (χ1) is 9.65. The van der Waals surface area contributed by atoms with Crippen molar-refractivity contribution in [3.05, 3.63) is 46.0 Å². The Morgan fingerprint density at radius 2 is 2.30 bits per heavy atom. The molecule has 3 rings (SSSR count). The van der Waals surface area contributed by atoms with Crippen LogP contribution in [-0.4, -0.2) is 36.2 Å². The van der Waals surface area contributed by atoms with Gasteiger partial charge in [-0.15, -0.1) is 0 Å². The summed E-state index contributed by atoms with van der Waals surface area (Å²) in [6, 6.07) is 5.80. The van der Waals surface area contributed by atoms with Gasteiger partial charge >= 0.3 is 0 Å². The predicted molar refractivity (Wildman–Crippen MR) is 75.2 cm³/mol. The van der Waals surface area contributed by atoms with E-state index in [1.54, 1.807) is 19.2 Å². The Labute approximate surface area is 116 Å². The summed E-state index contributed by atoms with van der Waals surface area (Å²) in [6.07, 6.45) is 1.29. The molecule has 0 aliphatic carbocycles. The zero-order valence-corrected chi connectivity index (χ0v) is 11.4. The van der Waals surface area contributed by atoms with Gasteiger partial charge in [-0.3, -0.25) is 9.69 Å². The maximum atomic E-state index is 13.2. The van der Waals surface area contributed by atoms with Gasteiger partial charge < -0.3 is 9.72 Å². The standard InChI is InChI=1S/C15H17FN2O2/c1-20-12-4-5-18(9-12)8-11-7-15(19)13-6-10(16)2-3-14(13)17-11/h2-3,6-7,12H,4-5,8-9H2,1H3,(H,17,19)/t12-/m0/s1. The van der Waals surface area contributed by atoms with Crippen molar-refractivity contribution in [2.24, 2.45) is 0 Å². The highest BCUT2D eigenvalue weighted by molar-refractivity contribution is 5.78. The molecule has 20 heavy (non-hydrogen) atoms. The Morgan fingerprint density at radius 3 is 3.05 bits per heavy atom. The predicted octanol–water partition coefficient (Wildman–Crippen LogP) is 1.89. The molecule has 106 valence electrons. The Kier molecular flexibility index (Phi) is 3.54. The molecule has 0 amide bonds. The molecule has 2 heterocycles. The van der Waals surface area contributed by atoms with Crippen LogP contribution in [0, 0.1) is 5.82 Å². The van der Waals surface area contributed by atoms with Gasteiger partial charge in [0, 0.05) is 49.4 Å². The number of benzene rings is 1. The molecule has 0 radical (unpaired) electrons. The smallest absolute Gasteiger partial charge is 0.189 e. The van der Waals surface area contributed by atoms with Crippen LogP contribution in [0.3, 0.4) is 0 Å². The fraction of sp³-hybridized carbons (Fsp3) is 0.400. The number of rotatable bonds is 3. The second-order valence-corrected chi connectivity index (χ2v) is 5.23. The molecular weight excluding hydrogens is 259 g/mol. The first-order valence-electron chi connectivity index (χ1n) is 6.72. The van der Waals surface area contributed by atoms with Crippen molar-refractivity contribution in [2.45, 2.75) is 19.1 Å². The highest BCUT2D eigenvalue weighted by Gasteiger charge is 2.22. The van der Waals surface area contributed by atoms with Gasteiger partial charge in [0.25, 0.3) is 0 Å². The molecule has 0 spiro atoms. The molecule has 0 saturated carbocycles. The average molecular weight is 276 g/mol. The van der Waals surface area contributed by atoms with Gasteiger partial charge in [0.1, 0.15) is 5.82 Å². The number of methoxy groups -OCH3 is 1. The summed E-state index contributed by atoms with van der Waals surface area (Å²) in [6.45, 7) is 2.52. The summed E-state index contributed by atoms with van der Waals surface area (Å²) >= 11 is 0. The van der Waals surface area contributed by atoms with Gasteiger partial charge in [-0.1, -0.05) is 0 Å². The lowest BCUT2D eigenvalue weighted by atomic mass is 10.2.